The molecule has 0 radical (unpaired) electrons. The number of nitrogen functional groups attached to an aromatic ring is 1. The van der Waals surface area contributed by atoms with Gasteiger partial charge in [-0.2, -0.15) is 5.26 Å². The fraction of sp³-hybridized carbons (Fsp3) is 0.0769. The second kappa shape index (κ2) is 5.47. The third-order valence-electron chi connectivity index (χ3n) is 2.55. The molecule has 0 bridgehead atoms. The van der Waals surface area contributed by atoms with Crippen molar-refractivity contribution in [2.75, 3.05) is 11.1 Å². The van der Waals surface area contributed by atoms with E-state index >= 15 is 0 Å². The van der Waals surface area contributed by atoms with Gasteiger partial charge in [-0.05, 0) is 46.6 Å². The summed E-state index contributed by atoms with van der Waals surface area (Å²) in [5.41, 5.74) is 8.40. The van der Waals surface area contributed by atoms with Gasteiger partial charge in [0.05, 0.1) is 16.9 Å². The molecular weight excluding hydrogens is 328 g/mol. The van der Waals surface area contributed by atoms with Gasteiger partial charge in [0.2, 0.25) is 0 Å². The van der Waals surface area contributed by atoms with Crippen molar-refractivity contribution in [2.45, 2.75) is 6.92 Å². The van der Waals surface area contributed by atoms with Crippen LogP contribution in [0.25, 0.3) is 0 Å². The Hall–Kier alpha value is -1.77. The van der Waals surface area contributed by atoms with Crippen LogP contribution in [0.3, 0.4) is 0 Å². The van der Waals surface area contributed by atoms with E-state index in [1.165, 1.54) is 6.20 Å². The number of halogens is 2. The number of aromatic nitrogens is 1. The molecule has 0 spiro atoms. The average Bonchev–Trinajstić information content (AvgIpc) is 2.38. The van der Waals surface area contributed by atoms with Gasteiger partial charge in [0, 0.05) is 15.7 Å². The van der Waals surface area contributed by atoms with Crippen LogP contribution >= 0.6 is 27.5 Å². The Morgan fingerprint density at radius 1 is 1.42 bits per heavy atom. The van der Waals surface area contributed by atoms with Crippen molar-refractivity contribution in [1.29, 1.82) is 5.26 Å². The summed E-state index contributed by atoms with van der Waals surface area (Å²) >= 11 is 9.53. The van der Waals surface area contributed by atoms with E-state index in [0.717, 1.165) is 15.7 Å². The van der Waals surface area contributed by atoms with Gasteiger partial charge in [-0.3, -0.25) is 0 Å². The van der Waals surface area contributed by atoms with Gasteiger partial charge in [0.15, 0.2) is 5.82 Å². The quantitative estimate of drug-likeness (QED) is 0.868. The van der Waals surface area contributed by atoms with E-state index in [4.69, 9.17) is 22.6 Å². The zero-order valence-corrected chi connectivity index (χ0v) is 12.4. The minimum absolute atomic E-state index is 0.405. The Kier molecular flexibility index (Phi) is 3.93. The number of nitrogens with one attached hydrogen (secondary N) is 1. The Balaban J connectivity index is 2.37. The Bertz CT molecular complexity index is 679. The maximum absolute atomic E-state index is 8.76. The number of aryl methyl sites for hydroxylation is 1. The molecule has 0 aliphatic rings. The molecule has 1 aromatic heterocycles. The second-order valence-corrected chi connectivity index (χ2v) is 5.24. The summed E-state index contributed by atoms with van der Waals surface area (Å²) in [5.74, 6) is 0.486. The van der Waals surface area contributed by atoms with E-state index in [1.54, 1.807) is 12.1 Å². The van der Waals surface area contributed by atoms with Crippen molar-refractivity contribution >= 4 is 44.7 Å². The van der Waals surface area contributed by atoms with Crippen LogP contribution in [0.2, 0.25) is 5.02 Å². The number of nitrogens with two attached hydrogens (primary N) is 1. The fourth-order valence-electron chi connectivity index (χ4n) is 1.52. The van der Waals surface area contributed by atoms with Gasteiger partial charge < -0.3 is 11.1 Å². The highest BCUT2D eigenvalue weighted by Crippen LogP contribution is 2.32. The molecule has 0 atom stereocenters. The molecule has 3 N–H and O–H groups in total. The lowest BCUT2D eigenvalue weighted by molar-refractivity contribution is 1.28. The molecular formula is C13H10BrClN4. The van der Waals surface area contributed by atoms with Crippen LogP contribution < -0.4 is 11.1 Å². The summed E-state index contributed by atoms with van der Waals surface area (Å²) in [6.07, 6.45) is 1.46. The Morgan fingerprint density at radius 3 is 2.79 bits per heavy atom. The van der Waals surface area contributed by atoms with Crippen LogP contribution in [0.1, 0.15) is 11.1 Å². The number of rotatable bonds is 2. The molecule has 0 aliphatic carbocycles. The molecule has 1 aromatic carbocycles. The Morgan fingerprint density at radius 2 is 2.16 bits per heavy atom. The summed E-state index contributed by atoms with van der Waals surface area (Å²) in [6, 6.07) is 7.25. The lowest BCUT2D eigenvalue weighted by Crippen LogP contribution is -2.00. The lowest BCUT2D eigenvalue weighted by atomic mass is 10.2. The molecule has 2 aromatic rings. The SMILES string of the molecule is Cc1cc(Br)c(Nc2ncc(C#N)cc2N)cc1Cl. The fourth-order valence-corrected chi connectivity index (χ4v) is 2.24. The van der Waals surface area contributed by atoms with Crippen LogP contribution in [-0.2, 0) is 0 Å². The first-order valence-electron chi connectivity index (χ1n) is 5.39. The number of nitrogens with zero attached hydrogens (tertiary/aromatic N) is 2. The predicted molar refractivity (Wildman–Crippen MR) is 80.5 cm³/mol. The minimum atomic E-state index is 0.405. The predicted octanol–water partition coefficient (Wildman–Crippen LogP) is 4.00. The van der Waals surface area contributed by atoms with E-state index < -0.39 is 0 Å². The van der Waals surface area contributed by atoms with Crippen molar-refractivity contribution in [3.8, 4) is 6.07 Å². The highest BCUT2D eigenvalue weighted by molar-refractivity contribution is 9.10. The first kappa shape index (κ1) is 13.7. The monoisotopic (exact) mass is 336 g/mol. The molecule has 6 heteroatoms. The third kappa shape index (κ3) is 2.98. The molecule has 0 aliphatic heterocycles. The number of benzene rings is 1. The largest absolute Gasteiger partial charge is 0.396 e. The van der Waals surface area contributed by atoms with Gasteiger partial charge in [-0.15, -0.1) is 0 Å². The first-order valence-corrected chi connectivity index (χ1v) is 6.56. The van der Waals surface area contributed by atoms with Crippen molar-refractivity contribution in [3.63, 3.8) is 0 Å². The van der Waals surface area contributed by atoms with Gasteiger partial charge >= 0.3 is 0 Å². The summed E-state index contributed by atoms with van der Waals surface area (Å²) in [5, 5.41) is 12.5. The molecule has 1 heterocycles. The van der Waals surface area contributed by atoms with E-state index in [1.807, 2.05) is 19.1 Å². The smallest absolute Gasteiger partial charge is 0.153 e. The molecule has 0 amide bonds. The zero-order chi connectivity index (χ0) is 14.0. The summed E-state index contributed by atoms with van der Waals surface area (Å²) in [4.78, 5) is 4.12. The highest BCUT2D eigenvalue weighted by Gasteiger charge is 2.08. The standard InChI is InChI=1S/C13H10BrClN4/c1-7-2-9(14)12(4-10(7)15)19-13-11(17)3-8(5-16)6-18-13/h2-4,6H,17H2,1H3,(H,18,19). The molecule has 0 unspecified atom stereocenters. The lowest BCUT2D eigenvalue weighted by Gasteiger charge is -2.11. The van der Waals surface area contributed by atoms with Gasteiger partial charge in [0.1, 0.15) is 6.07 Å². The maximum atomic E-state index is 8.76. The van der Waals surface area contributed by atoms with Gasteiger partial charge in [-0.25, -0.2) is 4.98 Å². The second-order valence-electron chi connectivity index (χ2n) is 3.98. The van der Waals surface area contributed by atoms with Crippen LogP contribution in [-0.4, -0.2) is 4.98 Å². The minimum Gasteiger partial charge on any atom is -0.396 e. The van der Waals surface area contributed by atoms with Crippen molar-refractivity contribution in [1.82, 2.24) is 4.98 Å². The summed E-state index contributed by atoms with van der Waals surface area (Å²) in [6.45, 7) is 1.92. The van der Waals surface area contributed by atoms with Crippen LogP contribution in [0.15, 0.2) is 28.9 Å². The number of hydrogen-bond acceptors (Lipinski definition) is 4. The Labute approximate surface area is 124 Å². The van der Waals surface area contributed by atoms with E-state index in [2.05, 4.69) is 26.2 Å². The maximum Gasteiger partial charge on any atom is 0.153 e. The van der Waals surface area contributed by atoms with Crippen LogP contribution in [0.5, 0.6) is 0 Å². The third-order valence-corrected chi connectivity index (χ3v) is 3.61. The zero-order valence-electron chi connectivity index (χ0n) is 10.0. The summed E-state index contributed by atoms with van der Waals surface area (Å²) < 4.78 is 0.861. The van der Waals surface area contributed by atoms with Crippen molar-refractivity contribution in [3.05, 3.63) is 45.0 Å². The molecule has 2 rings (SSSR count). The number of nitriles is 1. The number of anilines is 3. The number of hydrogen-bond donors (Lipinski definition) is 2. The first-order chi connectivity index (χ1) is 9.01. The molecule has 4 nitrogen and oxygen atoms in total. The van der Waals surface area contributed by atoms with E-state index in [9.17, 15) is 0 Å². The van der Waals surface area contributed by atoms with Gasteiger partial charge in [0.25, 0.3) is 0 Å². The molecule has 0 saturated heterocycles. The van der Waals surface area contributed by atoms with Gasteiger partial charge in [-0.1, -0.05) is 11.6 Å². The normalized spacial score (nSPS) is 10.0. The highest BCUT2D eigenvalue weighted by atomic mass is 79.9. The summed E-state index contributed by atoms with van der Waals surface area (Å²) in [7, 11) is 0. The number of pyridine rings is 1. The van der Waals surface area contributed by atoms with Crippen LogP contribution in [0.4, 0.5) is 17.2 Å². The van der Waals surface area contributed by atoms with Crippen molar-refractivity contribution in [2.24, 2.45) is 0 Å². The van der Waals surface area contributed by atoms with E-state index in [0.29, 0.717) is 22.1 Å². The van der Waals surface area contributed by atoms with Crippen LogP contribution in [0, 0.1) is 18.3 Å². The van der Waals surface area contributed by atoms with E-state index in [-0.39, 0.29) is 0 Å². The molecule has 0 fully saturated rings. The molecule has 0 saturated carbocycles. The average molecular weight is 338 g/mol. The molecule has 96 valence electrons. The molecule has 19 heavy (non-hydrogen) atoms. The van der Waals surface area contributed by atoms with Crippen molar-refractivity contribution < 1.29 is 0 Å². The topological polar surface area (TPSA) is 74.7 Å².